The largest absolute Gasteiger partial charge is 0.296 e. The molecule has 21 heavy (non-hydrogen) atoms. The third-order valence-electron chi connectivity index (χ3n) is 4.37. The molecule has 0 amide bonds. The SMILES string of the molecule is Cc1cccc(-n2nnnc2CN(C)C2CCCCC2)c1. The number of nitrogens with zero attached hydrogens (tertiary/aromatic N) is 5. The molecule has 0 unspecified atom stereocenters. The van der Waals surface area contributed by atoms with Crippen molar-refractivity contribution in [3.8, 4) is 5.69 Å². The van der Waals surface area contributed by atoms with Crippen LogP contribution in [-0.4, -0.2) is 38.2 Å². The Balaban J connectivity index is 1.76. The second kappa shape index (κ2) is 6.35. The van der Waals surface area contributed by atoms with Gasteiger partial charge >= 0.3 is 0 Å². The molecule has 2 aromatic rings. The van der Waals surface area contributed by atoms with Gasteiger partial charge in [0.15, 0.2) is 5.82 Å². The number of hydrogen-bond acceptors (Lipinski definition) is 4. The van der Waals surface area contributed by atoms with Crippen molar-refractivity contribution in [2.75, 3.05) is 7.05 Å². The fourth-order valence-electron chi connectivity index (χ4n) is 3.14. The standard InChI is InChI=1S/C16H23N5/c1-13-7-6-10-15(11-13)21-16(17-18-19-21)12-20(2)14-8-4-3-5-9-14/h6-7,10-11,14H,3-5,8-9,12H2,1-2H3. The normalized spacial score (nSPS) is 16.5. The van der Waals surface area contributed by atoms with Crippen LogP contribution >= 0.6 is 0 Å². The molecule has 0 N–H and O–H groups in total. The highest BCUT2D eigenvalue weighted by molar-refractivity contribution is 5.34. The summed E-state index contributed by atoms with van der Waals surface area (Å²) >= 11 is 0. The molecule has 0 atom stereocenters. The Morgan fingerprint density at radius 3 is 2.81 bits per heavy atom. The summed E-state index contributed by atoms with van der Waals surface area (Å²) < 4.78 is 1.85. The second-order valence-corrected chi connectivity index (χ2v) is 6.05. The first-order valence-electron chi connectivity index (χ1n) is 7.78. The Labute approximate surface area is 126 Å². The lowest BCUT2D eigenvalue weighted by Gasteiger charge is -2.30. The fraction of sp³-hybridized carbons (Fsp3) is 0.562. The van der Waals surface area contributed by atoms with E-state index in [0.717, 1.165) is 18.1 Å². The lowest BCUT2D eigenvalue weighted by molar-refractivity contribution is 0.179. The van der Waals surface area contributed by atoms with Gasteiger partial charge in [-0.1, -0.05) is 31.4 Å². The van der Waals surface area contributed by atoms with E-state index in [2.05, 4.69) is 46.5 Å². The summed E-state index contributed by atoms with van der Waals surface area (Å²) in [5.74, 6) is 0.911. The molecule has 5 nitrogen and oxygen atoms in total. The van der Waals surface area contributed by atoms with E-state index in [0.29, 0.717) is 6.04 Å². The number of tetrazole rings is 1. The summed E-state index contributed by atoms with van der Waals surface area (Å²) in [4.78, 5) is 2.40. The lowest BCUT2D eigenvalue weighted by Crippen LogP contribution is -2.33. The number of aryl methyl sites for hydroxylation is 1. The quantitative estimate of drug-likeness (QED) is 0.866. The van der Waals surface area contributed by atoms with Crippen LogP contribution in [0, 0.1) is 6.92 Å². The highest BCUT2D eigenvalue weighted by Gasteiger charge is 2.20. The fourth-order valence-corrected chi connectivity index (χ4v) is 3.14. The van der Waals surface area contributed by atoms with Gasteiger partial charge in [-0.15, -0.1) is 5.10 Å². The topological polar surface area (TPSA) is 46.8 Å². The van der Waals surface area contributed by atoms with Crippen LogP contribution < -0.4 is 0 Å². The number of aromatic nitrogens is 4. The molecular weight excluding hydrogens is 262 g/mol. The molecule has 0 aliphatic heterocycles. The van der Waals surface area contributed by atoms with Crippen molar-refractivity contribution >= 4 is 0 Å². The lowest BCUT2D eigenvalue weighted by atomic mass is 9.94. The molecule has 3 rings (SSSR count). The van der Waals surface area contributed by atoms with Crippen molar-refractivity contribution in [2.24, 2.45) is 0 Å². The molecule has 1 aliphatic carbocycles. The molecule has 0 bridgehead atoms. The second-order valence-electron chi connectivity index (χ2n) is 6.05. The van der Waals surface area contributed by atoms with Crippen molar-refractivity contribution in [1.82, 2.24) is 25.1 Å². The number of rotatable bonds is 4. The predicted molar refractivity (Wildman–Crippen MR) is 82.2 cm³/mol. The Bertz CT molecular complexity index is 586. The monoisotopic (exact) mass is 285 g/mol. The first-order valence-corrected chi connectivity index (χ1v) is 7.78. The van der Waals surface area contributed by atoms with Gasteiger partial charge in [0.25, 0.3) is 0 Å². The van der Waals surface area contributed by atoms with Gasteiger partial charge < -0.3 is 0 Å². The Morgan fingerprint density at radius 2 is 2.05 bits per heavy atom. The molecule has 0 radical (unpaired) electrons. The van der Waals surface area contributed by atoms with Gasteiger partial charge in [0, 0.05) is 6.04 Å². The smallest absolute Gasteiger partial charge is 0.170 e. The van der Waals surface area contributed by atoms with Crippen molar-refractivity contribution in [1.29, 1.82) is 0 Å². The Kier molecular flexibility index (Phi) is 4.29. The third-order valence-corrected chi connectivity index (χ3v) is 4.37. The maximum atomic E-state index is 4.22. The molecule has 1 aromatic heterocycles. The van der Waals surface area contributed by atoms with Gasteiger partial charge in [0.1, 0.15) is 0 Å². The van der Waals surface area contributed by atoms with Crippen molar-refractivity contribution < 1.29 is 0 Å². The summed E-state index contributed by atoms with van der Waals surface area (Å²) in [5, 5.41) is 12.2. The van der Waals surface area contributed by atoms with Gasteiger partial charge in [0.05, 0.1) is 12.2 Å². The summed E-state index contributed by atoms with van der Waals surface area (Å²) in [6.45, 7) is 2.88. The highest BCUT2D eigenvalue weighted by Crippen LogP contribution is 2.22. The van der Waals surface area contributed by atoms with Crippen LogP contribution in [0.1, 0.15) is 43.5 Å². The Morgan fingerprint density at radius 1 is 1.24 bits per heavy atom. The van der Waals surface area contributed by atoms with E-state index >= 15 is 0 Å². The van der Waals surface area contributed by atoms with Gasteiger partial charge in [-0.25, -0.2) is 0 Å². The molecule has 5 heteroatoms. The molecule has 1 aromatic carbocycles. The van der Waals surface area contributed by atoms with Crippen molar-refractivity contribution in [3.63, 3.8) is 0 Å². The molecule has 0 saturated heterocycles. The average Bonchev–Trinajstić information content (AvgIpc) is 2.96. The van der Waals surface area contributed by atoms with Crippen LogP contribution in [-0.2, 0) is 6.54 Å². The molecule has 1 fully saturated rings. The summed E-state index contributed by atoms with van der Waals surface area (Å²) in [7, 11) is 2.19. The molecule has 1 heterocycles. The van der Waals surface area contributed by atoms with E-state index in [1.807, 2.05) is 16.8 Å². The molecule has 1 aliphatic rings. The zero-order valence-electron chi connectivity index (χ0n) is 12.9. The third kappa shape index (κ3) is 3.29. The van der Waals surface area contributed by atoms with E-state index in [4.69, 9.17) is 0 Å². The van der Waals surface area contributed by atoms with Crippen molar-refractivity contribution in [3.05, 3.63) is 35.7 Å². The average molecular weight is 285 g/mol. The van der Waals surface area contributed by atoms with Gasteiger partial charge in [-0.05, 0) is 54.9 Å². The predicted octanol–water partition coefficient (Wildman–Crippen LogP) is 2.74. The van der Waals surface area contributed by atoms with Gasteiger partial charge in [-0.2, -0.15) is 4.68 Å². The number of hydrogen-bond donors (Lipinski definition) is 0. The van der Waals surface area contributed by atoms with Crippen LogP contribution in [0.15, 0.2) is 24.3 Å². The summed E-state index contributed by atoms with van der Waals surface area (Å²) in [6.07, 6.45) is 6.66. The maximum absolute atomic E-state index is 4.22. The molecular formula is C16H23N5. The van der Waals surface area contributed by atoms with E-state index < -0.39 is 0 Å². The molecule has 0 spiro atoms. The van der Waals surface area contributed by atoms with Crippen LogP contribution in [0.2, 0.25) is 0 Å². The van der Waals surface area contributed by atoms with Crippen LogP contribution in [0.5, 0.6) is 0 Å². The first kappa shape index (κ1) is 14.2. The Hall–Kier alpha value is -1.75. The maximum Gasteiger partial charge on any atom is 0.170 e. The molecule has 1 saturated carbocycles. The van der Waals surface area contributed by atoms with E-state index in [-0.39, 0.29) is 0 Å². The molecule has 112 valence electrons. The summed E-state index contributed by atoms with van der Waals surface area (Å²) in [6, 6.07) is 8.96. The van der Waals surface area contributed by atoms with E-state index in [9.17, 15) is 0 Å². The van der Waals surface area contributed by atoms with Gasteiger partial charge in [-0.3, -0.25) is 4.90 Å². The van der Waals surface area contributed by atoms with Crippen LogP contribution in [0.3, 0.4) is 0 Å². The minimum absolute atomic E-state index is 0.668. The summed E-state index contributed by atoms with van der Waals surface area (Å²) in [5.41, 5.74) is 2.25. The zero-order valence-corrected chi connectivity index (χ0v) is 12.9. The highest BCUT2D eigenvalue weighted by atomic mass is 15.5. The van der Waals surface area contributed by atoms with Gasteiger partial charge in [0.2, 0.25) is 0 Å². The first-order chi connectivity index (χ1) is 10.2. The number of benzene rings is 1. The van der Waals surface area contributed by atoms with Crippen LogP contribution in [0.4, 0.5) is 0 Å². The van der Waals surface area contributed by atoms with E-state index in [1.54, 1.807) is 0 Å². The minimum atomic E-state index is 0.668. The van der Waals surface area contributed by atoms with E-state index in [1.165, 1.54) is 37.7 Å². The minimum Gasteiger partial charge on any atom is -0.296 e. The van der Waals surface area contributed by atoms with Crippen molar-refractivity contribution in [2.45, 2.75) is 51.6 Å². The zero-order chi connectivity index (χ0) is 14.7. The van der Waals surface area contributed by atoms with Crippen LogP contribution in [0.25, 0.3) is 5.69 Å².